The summed E-state index contributed by atoms with van der Waals surface area (Å²) in [4.78, 5) is 4.70. The molecule has 3 aromatic rings. The van der Waals surface area contributed by atoms with E-state index in [2.05, 4.69) is 82.0 Å². The van der Waals surface area contributed by atoms with Gasteiger partial charge in [0.1, 0.15) is 0 Å². The van der Waals surface area contributed by atoms with Crippen molar-refractivity contribution in [1.29, 1.82) is 0 Å². The van der Waals surface area contributed by atoms with Crippen LogP contribution in [-0.2, 0) is 6.42 Å². The SMILES string of the molecule is CC(C)c1ccnc(-c2cccc3c2Cc2cc([Si](C)(C)C)ccc2-3)c1. The molecule has 4 rings (SSSR count). The van der Waals surface area contributed by atoms with E-state index >= 15 is 0 Å². The van der Waals surface area contributed by atoms with E-state index in [1.807, 2.05) is 6.20 Å². The van der Waals surface area contributed by atoms with Gasteiger partial charge in [0.05, 0.1) is 13.8 Å². The van der Waals surface area contributed by atoms with E-state index in [0.29, 0.717) is 5.92 Å². The molecule has 0 saturated heterocycles. The van der Waals surface area contributed by atoms with E-state index in [4.69, 9.17) is 4.98 Å². The molecule has 0 N–H and O–H groups in total. The van der Waals surface area contributed by atoms with Crippen molar-refractivity contribution in [3.8, 4) is 22.4 Å². The standard InChI is InChI=1S/C24H27NSi/c1-16(2)17-11-12-25-24(15-17)22-8-6-7-21-20-10-9-19(26(3,4)5)13-18(20)14-23(21)22/h6-13,15-16H,14H2,1-5H3. The maximum absolute atomic E-state index is 4.70. The topological polar surface area (TPSA) is 12.9 Å². The van der Waals surface area contributed by atoms with Gasteiger partial charge >= 0.3 is 0 Å². The molecule has 1 nitrogen and oxygen atoms in total. The Kier molecular flexibility index (Phi) is 4.11. The lowest BCUT2D eigenvalue weighted by molar-refractivity contribution is 0.863. The molecular weight excluding hydrogens is 330 g/mol. The minimum Gasteiger partial charge on any atom is -0.256 e. The Hall–Kier alpha value is -2.19. The summed E-state index contributed by atoms with van der Waals surface area (Å²) >= 11 is 0. The van der Waals surface area contributed by atoms with Crippen molar-refractivity contribution in [2.75, 3.05) is 0 Å². The molecular formula is C24H27NSi. The molecule has 1 aliphatic carbocycles. The van der Waals surface area contributed by atoms with Crippen molar-refractivity contribution in [1.82, 2.24) is 4.98 Å². The molecule has 0 saturated carbocycles. The quantitative estimate of drug-likeness (QED) is 0.410. The van der Waals surface area contributed by atoms with Crippen molar-refractivity contribution in [3.63, 3.8) is 0 Å². The molecule has 0 bridgehead atoms. The molecule has 0 unspecified atom stereocenters. The van der Waals surface area contributed by atoms with Gasteiger partial charge in [-0.05, 0) is 52.3 Å². The average Bonchev–Trinajstić information content (AvgIpc) is 2.99. The molecule has 0 spiro atoms. The second kappa shape index (κ2) is 6.21. The van der Waals surface area contributed by atoms with Crippen LogP contribution in [0.2, 0.25) is 19.6 Å². The van der Waals surface area contributed by atoms with E-state index in [-0.39, 0.29) is 0 Å². The number of nitrogens with zero attached hydrogens (tertiary/aromatic N) is 1. The van der Waals surface area contributed by atoms with Gasteiger partial charge in [-0.15, -0.1) is 0 Å². The highest BCUT2D eigenvalue weighted by atomic mass is 28.3. The van der Waals surface area contributed by atoms with Crippen LogP contribution in [0.5, 0.6) is 0 Å². The number of hydrogen-bond donors (Lipinski definition) is 0. The predicted molar refractivity (Wildman–Crippen MR) is 115 cm³/mol. The van der Waals surface area contributed by atoms with Gasteiger partial charge in [0, 0.05) is 11.8 Å². The summed E-state index contributed by atoms with van der Waals surface area (Å²) < 4.78 is 0. The van der Waals surface area contributed by atoms with Gasteiger partial charge in [-0.2, -0.15) is 0 Å². The second-order valence-electron chi connectivity index (χ2n) is 8.76. The van der Waals surface area contributed by atoms with Crippen LogP contribution in [0.15, 0.2) is 54.7 Å². The zero-order chi connectivity index (χ0) is 18.5. The lowest BCUT2D eigenvalue weighted by Gasteiger charge is -2.17. The monoisotopic (exact) mass is 357 g/mol. The van der Waals surface area contributed by atoms with E-state index < -0.39 is 8.07 Å². The minimum absolute atomic E-state index is 0.519. The summed E-state index contributed by atoms with van der Waals surface area (Å²) in [6.07, 6.45) is 2.97. The summed E-state index contributed by atoms with van der Waals surface area (Å²) in [7, 11) is -1.29. The van der Waals surface area contributed by atoms with E-state index in [0.717, 1.165) is 12.1 Å². The summed E-state index contributed by atoms with van der Waals surface area (Å²) in [5, 5.41) is 1.55. The Labute approximate surface area is 158 Å². The van der Waals surface area contributed by atoms with Gasteiger partial charge in [-0.25, -0.2) is 0 Å². The van der Waals surface area contributed by atoms with Crippen molar-refractivity contribution >= 4 is 13.3 Å². The number of hydrogen-bond acceptors (Lipinski definition) is 1. The lowest BCUT2D eigenvalue weighted by Crippen LogP contribution is -2.37. The largest absolute Gasteiger partial charge is 0.256 e. The van der Waals surface area contributed by atoms with Crippen LogP contribution in [0.1, 0.15) is 36.5 Å². The first-order valence-corrected chi connectivity index (χ1v) is 13.1. The smallest absolute Gasteiger partial charge is 0.0776 e. The summed E-state index contributed by atoms with van der Waals surface area (Å²) in [6.45, 7) is 11.7. The van der Waals surface area contributed by atoms with Gasteiger partial charge in [-0.1, -0.05) is 75.1 Å². The van der Waals surface area contributed by atoms with Crippen LogP contribution in [0, 0.1) is 0 Å². The number of fused-ring (bicyclic) bond motifs is 3. The third-order valence-corrected chi connectivity index (χ3v) is 7.57. The van der Waals surface area contributed by atoms with E-state index in [9.17, 15) is 0 Å². The van der Waals surface area contributed by atoms with Crippen LogP contribution in [0.3, 0.4) is 0 Å². The fourth-order valence-corrected chi connectivity index (χ4v) is 5.07. The molecule has 26 heavy (non-hydrogen) atoms. The summed E-state index contributed by atoms with van der Waals surface area (Å²) in [5.74, 6) is 0.519. The zero-order valence-electron chi connectivity index (χ0n) is 16.4. The fraction of sp³-hybridized carbons (Fsp3) is 0.292. The summed E-state index contributed by atoms with van der Waals surface area (Å²) in [6, 6.07) is 18.2. The Balaban J connectivity index is 1.82. The highest BCUT2D eigenvalue weighted by molar-refractivity contribution is 6.88. The van der Waals surface area contributed by atoms with Gasteiger partial charge in [0.25, 0.3) is 0 Å². The molecule has 1 aromatic heterocycles. The van der Waals surface area contributed by atoms with Gasteiger partial charge in [0.15, 0.2) is 0 Å². The lowest BCUT2D eigenvalue weighted by atomic mass is 9.96. The van der Waals surface area contributed by atoms with Crippen LogP contribution >= 0.6 is 0 Å². The third-order valence-electron chi connectivity index (χ3n) is 5.53. The highest BCUT2D eigenvalue weighted by Gasteiger charge is 2.25. The Morgan fingerprint density at radius 3 is 2.38 bits per heavy atom. The first-order chi connectivity index (χ1) is 12.3. The average molecular weight is 358 g/mol. The van der Waals surface area contributed by atoms with Gasteiger partial charge < -0.3 is 0 Å². The minimum atomic E-state index is -1.29. The number of aromatic nitrogens is 1. The molecule has 1 heterocycles. The molecule has 0 radical (unpaired) electrons. The number of rotatable bonds is 3. The Morgan fingerprint density at radius 1 is 0.885 bits per heavy atom. The Morgan fingerprint density at radius 2 is 1.65 bits per heavy atom. The van der Waals surface area contributed by atoms with Crippen LogP contribution in [-0.4, -0.2) is 13.1 Å². The van der Waals surface area contributed by atoms with Gasteiger partial charge in [-0.3, -0.25) is 4.98 Å². The Bertz CT molecular complexity index is 980. The number of benzene rings is 2. The predicted octanol–water partition coefficient (Wildman–Crippen LogP) is 5.99. The molecule has 0 fully saturated rings. The molecule has 132 valence electrons. The van der Waals surface area contributed by atoms with Crippen molar-refractivity contribution in [2.24, 2.45) is 0 Å². The highest BCUT2D eigenvalue weighted by Crippen LogP contribution is 2.41. The molecule has 0 atom stereocenters. The molecule has 2 aromatic carbocycles. The van der Waals surface area contributed by atoms with E-state index in [1.165, 1.54) is 33.4 Å². The first-order valence-electron chi connectivity index (χ1n) is 9.56. The number of pyridine rings is 1. The van der Waals surface area contributed by atoms with Gasteiger partial charge in [0.2, 0.25) is 0 Å². The third kappa shape index (κ3) is 2.93. The second-order valence-corrected chi connectivity index (χ2v) is 13.8. The van der Waals surface area contributed by atoms with Crippen molar-refractivity contribution in [3.05, 3.63) is 71.4 Å². The first kappa shape index (κ1) is 17.2. The fourth-order valence-electron chi connectivity index (χ4n) is 3.88. The maximum Gasteiger partial charge on any atom is 0.0776 e. The van der Waals surface area contributed by atoms with Crippen molar-refractivity contribution < 1.29 is 0 Å². The molecule has 1 aliphatic rings. The van der Waals surface area contributed by atoms with Crippen LogP contribution < -0.4 is 5.19 Å². The summed E-state index contributed by atoms with van der Waals surface area (Å²) in [5.41, 5.74) is 9.45. The molecule has 0 amide bonds. The van der Waals surface area contributed by atoms with Crippen LogP contribution in [0.25, 0.3) is 22.4 Å². The van der Waals surface area contributed by atoms with Crippen LogP contribution in [0.4, 0.5) is 0 Å². The van der Waals surface area contributed by atoms with E-state index in [1.54, 1.807) is 5.19 Å². The maximum atomic E-state index is 4.70. The van der Waals surface area contributed by atoms with Crippen molar-refractivity contribution in [2.45, 2.75) is 45.8 Å². The molecule has 2 heteroatoms. The normalized spacial score (nSPS) is 13.0. The molecule has 0 aliphatic heterocycles. The zero-order valence-corrected chi connectivity index (χ0v) is 17.4.